The van der Waals surface area contributed by atoms with Crippen molar-refractivity contribution in [1.29, 1.82) is 0 Å². The van der Waals surface area contributed by atoms with Crippen LogP contribution in [0.25, 0.3) is 0 Å². The molecule has 2 aromatic rings. The van der Waals surface area contributed by atoms with Crippen LogP contribution < -0.4 is 14.8 Å². The summed E-state index contributed by atoms with van der Waals surface area (Å²) >= 11 is 0. The minimum atomic E-state index is -0.240. The van der Waals surface area contributed by atoms with Crippen LogP contribution in [0.3, 0.4) is 0 Å². The molecule has 1 amide bonds. The van der Waals surface area contributed by atoms with E-state index >= 15 is 0 Å². The maximum atomic E-state index is 11.7. The fourth-order valence-corrected chi connectivity index (χ4v) is 2.00. The van der Waals surface area contributed by atoms with Crippen molar-refractivity contribution in [2.45, 2.75) is 13.8 Å². The molecule has 0 atom stereocenters. The molecule has 5 heteroatoms. The Bertz CT molecular complexity index is 695. The predicted molar refractivity (Wildman–Crippen MR) is 91.6 cm³/mol. The summed E-state index contributed by atoms with van der Waals surface area (Å²) in [6.45, 7) is 4.17. The standard InChI is InChI=1S/C19H21NO4/c1-14-6-8-17(9-7-14)23-11-10-20-19(22)13-24-18-5-3-4-16(12-18)15(2)21/h3-9,12H,10-11,13H2,1-2H3,(H,20,22). The molecule has 0 saturated carbocycles. The molecule has 0 aliphatic heterocycles. The first-order valence-corrected chi connectivity index (χ1v) is 7.74. The van der Waals surface area contributed by atoms with Crippen LogP contribution >= 0.6 is 0 Å². The van der Waals surface area contributed by atoms with E-state index in [1.54, 1.807) is 24.3 Å². The Morgan fingerprint density at radius 3 is 2.46 bits per heavy atom. The van der Waals surface area contributed by atoms with Crippen LogP contribution in [0.2, 0.25) is 0 Å². The molecular formula is C19H21NO4. The van der Waals surface area contributed by atoms with E-state index < -0.39 is 0 Å². The summed E-state index contributed by atoms with van der Waals surface area (Å²) in [7, 11) is 0. The van der Waals surface area contributed by atoms with E-state index in [2.05, 4.69) is 5.32 Å². The van der Waals surface area contributed by atoms with E-state index in [1.165, 1.54) is 12.5 Å². The van der Waals surface area contributed by atoms with Gasteiger partial charge < -0.3 is 14.8 Å². The van der Waals surface area contributed by atoms with Gasteiger partial charge in [0.05, 0.1) is 6.54 Å². The van der Waals surface area contributed by atoms with E-state index in [0.29, 0.717) is 24.5 Å². The summed E-state index contributed by atoms with van der Waals surface area (Å²) in [5, 5.41) is 2.72. The average molecular weight is 327 g/mol. The lowest BCUT2D eigenvalue weighted by molar-refractivity contribution is -0.123. The second-order valence-electron chi connectivity index (χ2n) is 5.38. The quantitative estimate of drug-likeness (QED) is 0.598. The van der Waals surface area contributed by atoms with Gasteiger partial charge in [-0.2, -0.15) is 0 Å². The Morgan fingerprint density at radius 1 is 1.00 bits per heavy atom. The van der Waals surface area contributed by atoms with Crippen molar-refractivity contribution < 1.29 is 19.1 Å². The molecule has 0 spiro atoms. The van der Waals surface area contributed by atoms with Gasteiger partial charge in [-0.25, -0.2) is 0 Å². The molecule has 0 unspecified atom stereocenters. The minimum absolute atomic E-state index is 0.0434. The fourth-order valence-electron chi connectivity index (χ4n) is 2.00. The molecule has 0 heterocycles. The number of hydrogen-bond acceptors (Lipinski definition) is 4. The lowest BCUT2D eigenvalue weighted by Crippen LogP contribution is -2.32. The van der Waals surface area contributed by atoms with Crippen molar-refractivity contribution in [2.24, 2.45) is 0 Å². The Labute approximate surface area is 141 Å². The van der Waals surface area contributed by atoms with E-state index in [1.807, 2.05) is 31.2 Å². The zero-order valence-electron chi connectivity index (χ0n) is 13.9. The number of carbonyl (C=O) groups is 2. The number of hydrogen-bond donors (Lipinski definition) is 1. The molecular weight excluding hydrogens is 306 g/mol. The van der Waals surface area contributed by atoms with Gasteiger partial charge in [-0.05, 0) is 38.1 Å². The van der Waals surface area contributed by atoms with Gasteiger partial charge in [0.25, 0.3) is 5.91 Å². The highest BCUT2D eigenvalue weighted by atomic mass is 16.5. The molecule has 0 aliphatic rings. The summed E-state index contributed by atoms with van der Waals surface area (Å²) in [6.07, 6.45) is 0. The summed E-state index contributed by atoms with van der Waals surface area (Å²) in [5.41, 5.74) is 1.72. The lowest BCUT2D eigenvalue weighted by Gasteiger charge is -2.09. The number of amides is 1. The van der Waals surface area contributed by atoms with Crippen molar-refractivity contribution in [3.05, 3.63) is 59.7 Å². The molecule has 0 aliphatic carbocycles. The first kappa shape index (κ1) is 17.5. The van der Waals surface area contributed by atoms with Gasteiger partial charge in [0.15, 0.2) is 12.4 Å². The van der Waals surface area contributed by atoms with Crippen molar-refractivity contribution in [3.63, 3.8) is 0 Å². The van der Waals surface area contributed by atoms with Gasteiger partial charge in [-0.1, -0.05) is 29.8 Å². The summed E-state index contributed by atoms with van der Waals surface area (Å²) in [5.74, 6) is 0.981. The fraction of sp³-hybridized carbons (Fsp3) is 0.263. The Morgan fingerprint density at radius 2 is 1.75 bits per heavy atom. The van der Waals surface area contributed by atoms with E-state index in [4.69, 9.17) is 9.47 Å². The Hall–Kier alpha value is -2.82. The molecule has 0 radical (unpaired) electrons. The molecule has 2 rings (SSSR count). The van der Waals surface area contributed by atoms with Gasteiger partial charge in [0.1, 0.15) is 18.1 Å². The molecule has 0 aromatic heterocycles. The second-order valence-corrected chi connectivity index (χ2v) is 5.38. The van der Waals surface area contributed by atoms with Crippen molar-refractivity contribution in [3.8, 4) is 11.5 Å². The van der Waals surface area contributed by atoms with Crippen LogP contribution in [0.15, 0.2) is 48.5 Å². The third-order valence-electron chi connectivity index (χ3n) is 3.32. The van der Waals surface area contributed by atoms with Crippen molar-refractivity contribution in [1.82, 2.24) is 5.32 Å². The minimum Gasteiger partial charge on any atom is -0.492 e. The van der Waals surface area contributed by atoms with Crippen LogP contribution in [-0.2, 0) is 4.79 Å². The highest BCUT2D eigenvalue weighted by Gasteiger charge is 2.05. The topological polar surface area (TPSA) is 64.6 Å². The zero-order valence-corrected chi connectivity index (χ0v) is 13.9. The average Bonchev–Trinajstić information content (AvgIpc) is 2.58. The van der Waals surface area contributed by atoms with E-state index in [-0.39, 0.29) is 18.3 Å². The molecule has 0 saturated heterocycles. The van der Waals surface area contributed by atoms with Gasteiger partial charge >= 0.3 is 0 Å². The highest BCUT2D eigenvalue weighted by Crippen LogP contribution is 2.13. The van der Waals surface area contributed by atoms with Crippen LogP contribution in [0.4, 0.5) is 0 Å². The molecule has 126 valence electrons. The van der Waals surface area contributed by atoms with Gasteiger partial charge in [-0.15, -0.1) is 0 Å². The number of rotatable bonds is 8. The maximum absolute atomic E-state index is 11.7. The number of ketones is 1. The Kier molecular flexibility index (Phi) is 6.37. The molecule has 0 fully saturated rings. The Balaban J connectivity index is 1.67. The van der Waals surface area contributed by atoms with Crippen LogP contribution in [0, 0.1) is 6.92 Å². The highest BCUT2D eigenvalue weighted by molar-refractivity contribution is 5.94. The normalized spacial score (nSPS) is 10.1. The number of Topliss-reactive ketones (excluding diaryl/α,β-unsaturated/α-hetero) is 1. The van der Waals surface area contributed by atoms with Gasteiger partial charge in [0, 0.05) is 5.56 Å². The molecule has 5 nitrogen and oxygen atoms in total. The SMILES string of the molecule is CC(=O)c1cccc(OCC(=O)NCCOc2ccc(C)cc2)c1. The third kappa shape index (κ3) is 5.76. The van der Waals surface area contributed by atoms with Gasteiger partial charge in [-0.3, -0.25) is 9.59 Å². The van der Waals surface area contributed by atoms with Crippen LogP contribution in [-0.4, -0.2) is 31.4 Å². The number of ether oxygens (including phenoxy) is 2. The first-order valence-electron chi connectivity index (χ1n) is 7.74. The monoisotopic (exact) mass is 327 g/mol. The van der Waals surface area contributed by atoms with Crippen molar-refractivity contribution >= 4 is 11.7 Å². The number of benzene rings is 2. The van der Waals surface area contributed by atoms with E-state index in [9.17, 15) is 9.59 Å². The third-order valence-corrected chi connectivity index (χ3v) is 3.32. The first-order chi connectivity index (χ1) is 11.5. The van der Waals surface area contributed by atoms with E-state index in [0.717, 1.165) is 5.75 Å². The molecule has 1 N–H and O–H groups in total. The summed E-state index contributed by atoms with van der Waals surface area (Å²) < 4.78 is 10.9. The smallest absolute Gasteiger partial charge is 0.258 e. The lowest BCUT2D eigenvalue weighted by atomic mass is 10.1. The number of nitrogens with one attached hydrogen (secondary N) is 1. The zero-order chi connectivity index (χ0) is 17.4. The van der Waals surface area contributed by atoms with Gasteiger partial charge in [0.2, 0.25) is 0 Å². The number of carbonyl (C=O) groups excluding carboxylic acids is 2. The predicted octanol–water partition coefficient (Wildman–Crippen LogP) is 2.77. The molecule has 0 bridgehead atoms. The number of aryl methyl sites for hydroxylation is 1. The summed E-state index contributed by atoms with van der Waals surface area (Å²) in [6, 6.07) is 14.5. The van der Waals surface area contributed by atoms with Crippen LogP contribution in [0.5, 0.6) is 11.5 Å². The molecule has 24 heavy (non-hydrogen) atoms. The van der Waals surface area contributed by atoms with Crippen LogP contribution in [0.1, 0.15) is 22.8 Å². The second kappa shape index (κ2) is 8.72. The maximum Gasteiger partial charge on any atom is 0.258 e. The largest absolute Gasteiger partial charge is 0.492 e. The molecule has 2 aromatic carbocycles. The van der Waals surface area contributed by atoms with Crippen molar-refractivity contribution in [2.75, 3.05) is 19.8 Å². The summed E-state index contributed by atoms with van der Waals surface area (Å²) in [4.78, 5) is 23.0.